The van der Waals surface area contributed by atoms with E-state index in [1.165, 1.54) is 30.1 Å². The molecule has 0 unspecified atom stereocenters. The van der Waals surface area contributed by atoms with Crippen LogP contribution in [0.4, 0.5) is 18.9 Å². The maximum Gasteiger partial charge on any atom is 0.416 e. The van der Waals surface area contributed by atoms with E-state index in [0.29, 0.717) is 5.56 Å². The van der Waals surface area contributed by atoms with E-state index >= 15 is 0 Å². The van der Waals surface area contributed by atoms with Gasteiger partial charge in [-0.1, -0.05) is 6.07 Å². The van der Waals surface area contributed by atoms with Gasteiger partial charge in [-0.15, -0.1) is 0 Å². The zero-order chi connectivity index (χ0) is 17.0. The minimum Gasteiger partial charge on any atom is -0.264 e. The molecule has 2 heterocycles. The van der Waals surface area contributed by atoms with Gasteiger partial charge in [-0.2, -0.15) is 26.7 Å². The number of hydrogen-bond donors (Lipinski definition) is 0. The molecule has 0 atom stereocenters. The zero-order valence-corrected chi connectivity index (χ0v) is 13.2. The van der Waals surface area contributed by atoms with Crippen molar-refractivity contribution in [2.24, 2.45) is 7.05 Å². The van der Waals surface area contributed by atoms with Crippen LogP contribution in [0.5, 0.6) is 0 Å². The van der Waals surface area contributed by atoms with Gasteiger partial charge < -0.3 is 0 Å². The molecule has 1 aliphatic rings. The fourth-order valence-corrected chi connectivity index (χ4v) is 4.74. The Morgan fingerprint density at radius 3 is 2.52 bits per heavy atom. The van der Waals surface area contributed by atoms with Crippen molar-refractivity contribution in [3.8, 4) is 0 Å². The average molecular weight is 345 g/mol. The lowest BCUT2D eigenvalue weighted by Crippen LogP contribution is -2.31. The standard InChI is InChI=1S/C14H14F3N3O2S/c1-9-8-18-19(2)13(9)23(21,22)20-7-6-10-11(14(15,16)17)4-3-5-12(10)20/h3-5,8H,6-7H2,1-2H3. The summed E-state index contributed by atoms with van der Waals surface area (Å²) in [5, 5.41) is 3.89. The summed E-state index contributed by atoms with van der Waals surface area (Å²) in [6, 6.07) is 3.61. The predicted molar refractivity (Wildman–Crippen MR) is 77.6 cm³/mol. The first-order valence-corrected chi connectivity index (χ1v) is 8.28. The summed E-state index contributed by atoms with van der Waals surface area (Å²) in [7, 11) is -2.48. The van der Waals surface area contributed by atoms with E-state index in [0.717, 1.165) is 10.4 Å². The molecule has 5 nitrogen and oxygen atoms in total. The van der Waals surface area contributed by atoms with Gasteiger partial charge >= 0.3 is 6.18 Å². The Morgan fingerprint density at radius 2 is 1.96 bits per heavy atom. The van der Waals surface area contributed by atoms with Gasteiger partial charge in [0.2, 0.25) is 0 Å². The summed E-state index contributed by atoms with van der Waals surface area (Å²) in [5.74, 6) is 0. The van der Waals surface area contributed by atoms with E-state index in [1.54, 1.807) is 6.92 Å². The summed E-state index contributed by atoms with van der Waals surface area (Å²) < 4.78 is 67.2. The summed E-state index contributed by atoms with van der Waals surface area (Å²) >= 11 is 0. The van der Waals surface area contributed by atoms with Crippen LogP contribution in [0.2, 0.25) is 0 Å². The van der Waals surface area contributed by atoms with E-state index in [2.05, 4.69) is 5.10 Å². The van der Waals surface area contributed by atoms with Gasteiger partial charge in [-0.05, 0) is 31.0 Å². The normalized spacial score (nSPS) is 15.1. The Bertz CT molecular complexity index is 852. The van der Waals surface area contributed by atoms with Gasteiger partial charge in [0.05, 0.1) is 17.4 Å². The van der Waals surface area contributed by atoms with Crippen molar-refractivity contribution in [2.45, 2.75) is 24.5 Å². The van der Waals surface area contributed by atoms with E-state index < -0.39 is 21.8 Å². The molecule has 0 saturated carbocycles. The highest BCUT2D eigenvalue weighted by Crippen LogP contribution is 2.41. The lowest BCUT2D eigenvalue weighted by molar-refractivity contribution is -0.138. The number of benzene rings is 1. The van der Waals surface area contributed by atoms with Crippen LogP contribution in [-0.4, -0.2) is 24.7 Å². The number of fused-ring (bicyclic) bond motifs is 1. The number of rotatable bonds is 2. The van der Waals surface area contributed by atoms with Crippen molar-refractivity contribution in [1.29, 1.82) is 0 Å². The first-order chi connectivity index (χ1) is 10.6. The Hall–Kier alpha value is -2.03. The molecule has 0 fully saturated rings. The van der Waals surface area contributed by atoms with Crippen LogP contribution >= 0.6 is 0 Å². The third-order valence-corrected chi connectivity index (χ3v) is 5.92. The van der Waals surface area contributed by atoms with Crippen LogP contribution in [0.25, 0.3) is 0 Å². The predicted octanol–water partition coefficient (Wildman–Crippen LogP) is 2.50. The molecule has 0 spiro atoms. The highest BCUT2D eigenvalue weighted by Gasteiger charge is 2.40. The smallest absolute Gasteiger partial charge is 0.264 e. The van der Waals surface area contributed by atoms with Crippen molar-refractivity contribution >= 4 is 15.7 Å². The van der Waals surface area contributed by atoms with Gasteiger partial charge in [0.1, 0.15) is 0 Å². The largest absolute Gasteiger partial charge is 0.416 e. The molecule has 3 rings (SSSR count). The molecule has 1 aromatic heterocycles. The first kappa shape index (κ1) is 15.9. The van der Waals surface area contributed by atoms with Crippen molar-refractivity contribution in [1.82, 2.24) is 9.78 Å². The minimum absolute atomic E-state index is 0.0113. The van der Waals surface area contributed by atoms with Gasteiger partial charge in [0, 0.05) is 19.2 Å². The topological polar surface area (TPSA) is 55.2 Å². The molecule has 9 heteroatoms. The minimum atomic E-state index is -4.51. The fraction of sp³-hybridized carbons (Fsp3) is 0.357. The van der Waals surface area contributed by atoms with E-state index in [9.17, 15) is 21.6 Å². The number of aryl methyl sites for hydroxylation is 2. The van der Waals surface area contributed by atoms with Crippen LogP contribution in [0.3, 0.4) is 0 Å². The summed E-state index contributed by atoms with van der Waals surface area (Å²) in [6.45, 7) is 1.58. The summed E-state index contributed by atoms with van der Waals surface area (Å²) in [5.41, 5.74) is -0.230. The molecule has 0 aliphatic carbocycles. The van der Waals surface area contributed by atoms with Crippen LogP contribution in [-0.2, 0) is 29.7 Å². The maximum atomic E-state index is 13.1. The average Bonchev–Trinajstić information content (AvgIpc) is 3.01. The van der Waals surface area contributed by atoms with Crippen LogP contribution < -0.4 is 4.31 Å². The molecule has 1 aliphatic heterocycles. The molecule has 0 N–H and O–H groups in total. The van der Waals surface area contributed by atoms with E-state index in [-0.39, 0.29) is 29.2 Å². The molecule has 0 bridgehead atoms. The van der Waals surface area contributed by atoms with Gasteiger partial charge in [-0.3, -0.25) is 8.99 Å². The third-order valence-electron chi connectivity index (χ3n) is 3.88. The molecule has 0 radical (unpaired) electrons. The number of halogens is 3. The molecule has 2 aromatic rings. The number of hydrogen-bond acceptors (Lipinski definition) is 3. The molecule has 0 saturated heterocycles. The monoisotopic (exact) mass is 345 g/mol. The quantitative estimate of drug-likeness (QED) is 0.840. The number of anilines is 1. The van der Waals surface area contributed by atoms with Crippen molar-refractivity contribution in [3.63, 3.8) is 0 Å². The molecule has 0 amide bonds. The van der Waals surface area contributed by atoms with Crippen molar-refractivity contribution < 1.29 is 21.6 Å². The second kappa shape index (κ2) is 4.98. The van der Waals surface area contributed by atoms with Gasteiger partial charge in [0.15, 0.2) is 5.03 Å². The van der Waals surface area contributed by atoms with Crippen LogP contribution in [0.1, 0.15) is 16.7 Å². The molecule has 23 heavy (non-hydrogen) atoms. The Kier molecular flexibility index (Phi) is 3.44. The van der Waals surface area contributed by atoms with Gasteiger partial charge in [-0.25, -0.2) is 0 Å². The Balaban J connectivity index is 2.14. The Morgan fingerprint density at radius 1 is 1.26 bits per heavy atom. The summed E-state index contributed by atoms with van der Waals surface area (Å²) in [6.07, 6.45) is -3.06. The van der Waals surface area contributed by atoms with Crippen molar-refractivity contribution in [3.05, 3.63) is 41.1 Å². The third kappa shape index (κ3) is 2.39. The number of aromatic nitrogens is 2. The first-order valence-electron chi connectivity index (χ1n) is 6.84. The zero-order valence-electron chi connectivity index (χ0n) is 12.4. The fourth-order valence-electron chi connectivity index (χ4n) is 2.93. The lowest BCUT2D eigenvalue weighted by atomic mass is 10.0. The molecular formula is C14H14F3N3O2S. The highest BCUT2D eigenvalue weighted by atomic mass is 32.2. The molecule has 1 aromatic carbocycles. The van der Waals surface area contributed by atoms with Gasteiger partial charge in [0.25, 0.3) is 10.0 Å². The number of nitrogens with zero attached hydrogens (tertiary/aromatic N) is 3. The highest BCUT2D eigenvalue weighted by molar-refractivity contribution is 7.92. The second-order valence-corrected chi connectivity index (χ2v) is 7.16. The number of sulfonamides is 1. The Labute approximate surface area is 131 Å². The molecular weight excluding hydrogens is 331 g/mol. The lowest BCUT2D eigenvalue weighted by Gasteiger charge is -2.20. The van der Waals surface area contributed by atoms with E-state index in [4.69, 9.17) is 0 Å². The second-order valence-electron chi connectivity index (χ2n) is 5.38. The summed E-state index contributed by atoms with van der Waals surface area (Å²) in [4.78, 5) is 0. The van der Waals surface area contributed by atoms with Crippen LogP contribution in [0, 0.1) is 6.92 Å². The van der Waals surface area contributed by atoms with E-state index in [1.807, 2.05) is 0 Å². The van der Waals surface area contributed by atoms with Crippen molar-refractivity contribution in [2.75, 3.05) is 10.8 Å². The number of alkyl halides is 3. The van der Waals surface area contributed by atoms with Crippen LogP contribution in [0.15, 0.2) is 29.4 Å². The molecule has 124 valence electrons. The maximum absolute atomic E-state index is 13.1. The SMILES string of the molecule is Cc1cnn(C)c1S(=O)(=O)N1CCc2c1cccc2C(F)(F)F.